The van der Waals surface area contributed by atoms with E-state index in [9.17, 15) is 4.39 Å². The normalized spacial score (nSPS) is 11.9. The average molecular weight is 240 g/mol. The molecule has 0 fully saturated rings. The van der Waals surface area contributed by atoms with Crippen LogP contribution in [-0.2, 0) is 10.8 Å². The number of hydrogen-bond acceptors (Lipinski definition) is 1. The molecule has 0 unspecified atom stereocenters. The highest BCUT2D eigenvalue weighted by Gasteiger charge is 2.14. The predicted molar refractivity (Wildman–Crippen MR) is 69.1 cm³/mol. The Labute approximate surface area is 101 Å². The fourth-order valence-corrected chi connectivity index (χ4v) is 1.84. The molecule has 0 amide bonds. The third-order valence-electron chi connectivity index (χ3n) is 2.96. The van der Waals surface area contributed by atoms with Gasteiger partial charge in [-0.05, 0) is 50.8 Å². The maximum absolute atomic E-state index is 12.7. The second kappa shape index (κ2) is 6.16. The molecule has 0 atom stereocenters. The van der Waals surface area contributed by atoms with Crippen LogP contribution in [0.15, 0.2) is 24.3 Å². The van der Waals surface area contributed by atoms with Gasteiger partial charge in [0.2, 0.25) is 0 Å². The fraction of sp³-hybridized carbons (Fsp3) is 0.538. The first-order valence-corrected chi connectivity index (χ1v) is 6.65. The van der Waals surface area contributed by atoms with Crippen LogP contribution in [0, 0.1) is 5.82 Å². The van der Waals surface area contributed by atoms with Crippen LogP contribution in [0.3, 0.4) is 0 Å². The van der Waals surface area contributed by atoms with E-state index in [1.807, 2.05) is 12.1 Å². The Morgan fingerprint density at radius 2 is 1.81 bits per heavy atom. The van der Waals surface area contributed by atoms with Gasteiger partial charge in [0.25, 0.3) is 0 Å². The van der Waals surface area contributed by atoms with Gasteiger partial charge in [-0.3, -0.25) is 0 Å². The number of hydrogen-bond donors (Lipinski definition) is 0. The lowest BCUT2D eigenvalue weighted by Crippen LogP contribution is -2.22. The number of unbranched alkanes of at least 4 members (excludes halogenated alkanes) is 1. The molecule has 16 heavy (non-hydrogen) atoms. The minimum atomic E-state index is -0.158. The Morgan fingerprint density at radius 3 is 2.38 bits per heavy atom. The van der Waals surface area contributed by atoms with Crippen molar-refractivity contribution < 1.29 is 8.82 Å². The van der Waals surface area contributed by atoms with Gasteiger partial charge in [0, 0.05) is 5.60 Å². The lowest BCUT2D eigenvalue weighted by molar-refractivity contribution is 0.109. The van der Waals surface area contributed by atoms with Gasteiger partial charge in [0.15, 0.2) is 0 Å². The first kappa shape index (κ1) is 13.4. The van der Waals surface area contributed by atoms with Crippen LogP contribution in [-0.4, -0.2) is 16.1 Å². The number of aryl methyl sites for hydroxylation is 1. The molecular weight excluding hydrogens is 219 g/mol. The van der Waals surface area contributed by atoms with Crippen molar-refractivity contribution >= 4 is 10.5 Å². The quantitative estimate of drug-likeness (QED) is 0.548. The molecule has 0 bridgehead atoms. The van der Waals surface area contributed by atoms with E-state index in [1.54, 1.807) is 0 Å². The highest BCUT2D eigenvalue weighted by Crippen LogP contribution is 2.17. The van der Waals surface area contributed by atoms with Crippen LogP contribution in [0.25, 0.3) is 0 Å². The molecule has 1 rings (SSSR count). The summed E-state index contributed by atoms with van der Waals surface area (Å²) in [6, 6.07) is 6.79. The molecule has 0 saturated carbocycles. The van der Waals surface area contributed by atoms with Crippen molar-refractivity contribution in [1.29, 1.82) is 0 Å². The molecule has 0 aliphatic heterocycles. The molecule has 1 aromatic carbocycles. The first-order valence-electron chi connectivity index (χ1n) is 5.83. The summed E-state index contributed by atoms with van der Waals surface area (Å²) in [6.45, 7) is 4.27. The fourth-order valence-electron chi connectivity index (χ4n) is 1.63. The van der Waals surface area contributed by atoms with Crippen LogP contribution in [0.5, 0.6) is 0 Å². The summed E-state index contributed by atoms with van der Waals surface area (Å²) in [7, 11) is 0.799. The van der Waals surface area contributed by atoms with Gasteiger partial charge in [0.1, 0.15) is 16.3 Å². The van der Waals surface area contributed by atoms with Gasteiger partial charge in [-0.1, -0.05) is 18.6 Å². The van der Waals surface area contributed by atoms with Gasteiger partial charge in [-0.2, -0.15) is 0 Å². The van der Waals surface area contributed by atoms with Crippen LogP contribution in [0.2, 0.25) is 0 Å². The molecule has 0 N–H and O–H groups in total. The molecule has 0 aliphatic carbocycles. The van der Waals surface area contributed by atoms with Crippen molar-refractivity contribution in [3.63, 3.8) is 0 Å². The summed E-state index contributed by atoms with van der Waals surface area (Å²) in [5.74, 6) is -0.158. The third kappa shape index (κ3) is 4.90. The Bertz CT molecular complexity index is 308. The van der Waals surface area contributed by atoms with Crippen molar-refractivity contribution in [2.75, 3.05) is 0 Å². The lowest BCUT2D eigenvalue weighted by Gasteiger charge is -2.23. The molecule has 1 aromatic rings. The minimum Gasteiger partial charge on any atom is -0.423 e. The largest absolute Gasteiger partial charge is 0.423 e. The monoisotopic (exact) mass is 240 g/mol. The summed E-state index contributed by atoms with van der Waals surface area (Å²) >= 11 is 0. The first-order chi connectivity index (χ1) is 7.53. The Balaban J connectivity index is 2.23. The van der Waals surface area contributed by atoms with E-state index in [0.717, 1.165) is 36.2 Å². The van der Waals surface area contributed by atoms with Gasteiger partial charge < -0.3 is 4.43 Å². The zero-order valence-electron chi connectivity index (χ0n) is 10.4. The van der Waals surface area contributed by atoms with Crippen LogP contribution in [0.4, 0.5) is 4.39 Å². The van der Waals surface area contributed by atoms with E-state index in [-0.39, 0.29) is 11.4 Å². The maximum atomic E-state index is 12.7. The van der Waals surface area contributed by atoms with Crippen molar-refractivity contribution in [3.05, 3.63) is 35.6 Å². The van der Waals surface area contributed by atoms with Gasteiger partial charge in [0.05, 0.1) is 0 Å². The standard InChI is InChI=1S/C13H21FOSi/c1-13(2,15-16)10-4-3-5-11-6-8-12(14)9-7-11/h6-9H,3-5,10H2,1-2,16H3. The molecular formula is C13H21FOSi. The number of benzene rings is 1. The van der Waals surface area contributed by atoms with Crippen molar-refractivity contribution in [2.24, 2.45) is 0 Å². The summed E-state index contributed by atoms with van der Waals surface area (Å²) < 4.78 is 18.2. The Hall–Kier alpha value is -0.673. The molecule has 0 aromatic heterocycles. The topological polar surface area (TPSA) is 9.23 Å². The van der Waals surface area contributed by atoms with Crippen molar-refractivity contribution in [1.82, 2.24) is 0 Å². The van der Waals surface area contributed by atoms with Gasteiger partial charge in [-0.15, -0.1) is 0 Å². The minimum absolute atomic E-state index is 0.0367. The number of halogens is 1. The van der Waals surface area contributed by atoms with E-state index in [1.165, 1.54) is 17.7 Å². The van der Waals surface area contributed by atoms with Crippen LogP contribution < -0.4 is 0 Å². The smallest absolute Gasteiger partial charge is 0.146 e. The van der Waals surface area contributed by atoms with Gasteiger partial charge >= 0.3 is 0 Å². The van der Waals surface area contributed by atoms with Crippen molar-refractivity contribution in [3.8, 4) is 0 Å². The summed E-state index contributed by atoms with van der Waals surface area (Å²) in [4.78, 5) is 0. The molecule has 1 nitrogen and oxygen atoms in total. The molecule has 0 spiro atoms. The molecule has 90 valence electrons. The van der Waals surface area contributed by atoms with E-state index in [4.69, 9.17) is 4.43 Å². The lowest BCUT2D eigenvalue weighted by atomic mass is 9.99. The molecule has 0 heterocycles. The maximum Gasteiger partial charge on any atom is 0.146 e. The molecule has 0 aliphatic rings. The van der Waals surface area contributed by atoms with Gasteiger partial charge in [-0.25, -0.2) is 4.39 Å². The van der Waals surface area contributed by atoms with E-state index in [0.29, 0.717) is 0 Å². The highest BCUT2D eigenvalue weighted by atomic mass is 28.2. The molecule has 0 saturated heterocycles. The van der Waals surface area contributed by atoms with E-state index < -0.39 is 0 Å². The molecule has 3 heteroatoms. The van der Waals surface area contributed by atoms with E-state index >= 15 is 0 Å². The summed E-state index contributed by atoms with van der Waals surface area (Å²) in [5.41, 5.74) is 1.25. The van der Waals surface area contributed by atoms with Crippen LogP contribution in [0.1, 0.15) is 38.7 Å². The Kier molecular flexibility index (Phi) is 5.15. The number of rotatable bonds is 6. The third-order valence-corrected chi connectivity index (χ3v) is 4.07. The molecule has 0 radical (unpaired) electrons. The predicted octanol–water partition coefficient (Wildman–Crippen LogP) is 2.61. The van der Waals surface area contributed by atoms with Crippen molar-refractivity contribution in [2.45, 2.75) is 45.1 Å². The average Bonchev–Trinajstić information content (AvgIpc) is 2.27. The summed E-state index contributed by atoms with van der Waals surface area (Å²) in [5, 5.41) is 0. The Morgan fingerprint density at radius 1 is 1.19 bits per heavy atom. The second-order valence-corrected chi connectivity index (χ2v) is 5.21. The van der Waals surface area contributed by atoms with Crippen LogP contribution >= 0.6 is 0 Å². The van der Waals surface area contributed by atoms with E-state index in [2.05, 4.69) is 13.8 Å². The zero-order valence-corrected chi connectivity index (χ0v) is 12.4. The zero-order chi connectivity index (χ0) is 12.0. The summed E-state index contributed by atoms with van der Waals surface area (Å²) in [6.07, 6.45) is 4.42. The highest BCUT2D eigenvalue weighted by molar-refractivity contribution is 5.98. The second-order valence-electron chi connectivity index (χ2n) is 4.80. The SMILES string of the molecule is CC(C)(CCCCc1ccc(F)cc1)O[SiH3].